The molecule has 0 aliphatic carbocycles. The Kier molecular flexibility index (Phi) is 12.1. The summed E-state index contributed by atoms with van der Waals surface area (Å²) in [6, 6.07) is 2.93. The Hall–Kier alpha value is -2.12. The van der Waals surface area contributed by atoms with E-state index in [2.05, 4.69) is 15.6 Å². The summed E-state index contributed by atoms with van der Waals surface area (Å²) in [5.74, 6) is -0.687. The van der Waals surface area contributed by atoms with Gasteiger partial charge < -0.3 is 15.6 Å². The highest BCUT2D eigenvalue weighted by Crippen LogP contribution is 2.23. The van der Waals surface area contributed by atoms with Gasteiger partial charge in [0.05, 0.1) is 11.3 Å². The number of thiophene rings is 1. The minimum Gasteiger partial charge on any atom is -0.351 e. The predicted molar refractivity (Wildman–Crippen MR) is 110 cm³/mol. The van der Waals surface area contributed by atoms with Gasteiger partial charge in [0.15, 0.2) is 0 Å². The molecule has 8 heteroatoms. The van der Waals surface area contributed by atoms with Crippen LogP contribution in [0.3, 0.4) is 0 Å². The lowest BCUT2D eigenvalue weighted by Crippen LogP contribution is -2.24. The molecule has 3 N–H and O–H groups in total. The van der Waals surface area contributed by atoms with Crippen molar-refractivity contribution in [3.05, 3.63) is 49.5 Å². The first kappa shape index (κ1) is 23.9. The number of halogens is 1. The molecular weight excluding hydrogens is 374 g/mol. The van der Waals surface area contributed by atoms with Gasteiger partial charge in [-0.1, -0.05) is 46.2 Å². The molecule has 0 atom stereocenters. The molecule has 0 aliphatic heterocycles. The van der Waals surface area contributed by atoms with Crippen LogP contribution in [0, 0.1) is 0 Å². The van der Waals surface area contributed by atoms with E-state index in [0.29, 0.717) is 17.1 Å². The zero-order valence-electron chi connectivity index (χ0n) is 15.7. The number of aromatic amines is 1. The summed E-state index contributed by atoms with van der Waals surface area (Å²) in [7, 11) is 0. The molecule has 0 saturated carbocycles. The van der Waals surface area contributed by atoms with Crippen LogP contribution < -0.4 is 16.2 Å². The molecule has 2 rings (SSSR count). The number of anilines is 1. The molecule has 0 spiro atoms. The maximum Gasteiger partial charge on any atom is 0.266 e. The lowest BCUT2D eigenvalue weighted by atomic mass is 10.2. The number of H-pyrrole nitrogens is 1. The van der Waals surface area contributed by atoms with Crippen LogP contribution in [-0.2, 0) is 0 Å². The van der Waals surface area contributed by atoms with E-state index in [1.165, 1.54) is 23.6 Å². The number of pyridine rings is 1. The quantitative estimate of drug-likeness (QED) is 0.689. The van der Waals surface area contributed by atoms with Gasteiger partial charge in [-0.2, -0.15) is 0 Å². The molecule has 144 valence electrons. The van der Waals surface area contributed by atoms with Crippen LogP contribution >= 0.6 is 22.9 Å². The molecule has 0 aromatic carbocycles. The van der Waals surface area contributed by atoms with Gasteiger partial charge in [-0.15, -0.1) is 11.3 Å². The molecule has 0 saturated heterocycles. The molecular formula is C18H26ClN3O3S. The second kappa shape index (κ2) is 13.1. The van der Waals surface area contributed by atoms with Crippen LogP contribution in [0.4, 0.5) is 5.69 Å². The van der Waals surface area contributed by atoms with Gasteiger partial charge in [0.2, 0.25) is 0 Å². The number of hydrogen-bond donors (Lipinski definition) is 3. The Morgan fingerprint density at radius 1 is 1.19 bits per heavy atom. The number of amides is 2. The maximum absolute atomic E-state index is 12.1. The van der Waals surface area contributed by atoms with Crippen LogP contribution in [-0.4, -0.2) is 23.3 Å². The molecule has 2 aromatic rings. The van der Waals surface area contributed by atoms with Crippen LogP contribution in [0.15, 0.2) is 28.5 Å². The van der Waals surface area contributed by atoms with Crippen LogP contribution in [0.2, 0.25) is 5.02 Å². The largest absolute Gasteiger partial charge is 0.351 e. The first-order valence-corrected chi connectivity index (χ1v) is 9.84. The van der Waals surface area contributed by atoms with Crippen molar-refractivity contribution in [3.8, 4) is 0 Å². The monoisotopic (exact) mass is 399 g/mol. The van der Waals surface area contributed by atoms with E-state index >= 15 is 0 Å². The molecule has 0 bridgehead atoms. The average molecular weight is 400 g/mol. The minimum atomic E-state index is -0.464. The normalized spacial score (nSPS) is 9.15. The van der Waals surface area contributed by atoms with Crippen molar-refractivity contribution in [2.45, 2.75) is 41.0 Å². The Bertz CT molecular complexity index is 756. The fourth-order valence-corrected chi connectivity index (χ4v) is 2.62. The number of rotatable bonds is 5. The van der Waals surface area contributed by atoms with Crippen LogP contribution in [0.1, 0.15) is 61.1 Å². The van der Waals surface area contributed by atoms with E-state index in [-0.39, 0.29) is 16.5 Å². The second-order valence-corrected chi connectivity index (χ2v) is 5.76. The SMILES string of the molecule is CC.CC.CCCNC(=O)c1sccc1NC(=O)c1c[nH]c(=O)c(Cl)c1. The third-order valence-electron chi connectivity index (χ3n) is 2.78. The topological polar surface area (TPSA) is 91.1 Å². The number of carbonyl (C=O) groups is 2. The predicted octanol–water partition coefficient (Wildman–Crippen LogP) is 4.53. The Morgan fingerprint density at radius 3 is 2.42 bits per heavy atom. The summed E-state index contributed by atoms with van der Waals surface area (Å²) in [6.07, 6.45) is 2.10. The Labute approximate surface area is 163 Å². The fraction of sp³-hybridized carbons (Fsp3) is 0.389. The molecule has 2 heterocycles. The maximum atomic E-state index is 12.1. The number of hydrogen-bond acceptors (Lipinski definition) is 4. The summed E-state index contributed by atoms with van der Waals surface area (Å²) >= 11 is 6.93. The smallest absolute Gasteiger partial charge is 0.266 e. The van der Waals surface area contributed by atoms with E-state index in [4.69, 9.17) is 11.6 Å². The molecule has 6 nitrogen and oxygen atoms in total. The summed E-state index contributed by atoms with van der Waals surface area (Å²) < 4.78 is 0. The average Bonchev–Trinajstić information content (AvgIpc) is 3.13. The third kappa shape index (κ3) is 7.01. The first-order chi connectivity index (χ1) is 12.5. The van der Waals surface area contributed by atoms with Crippen molar-refractivity contribution < 1.29 is 9.59 Å². The lowest BCUT2D eigenvalue weighted by molar-refractivity contribution is 0.0958. The van der Waals surface area contributed by atoms with Gasteiger partial charge in [0.1, 0.15) is 9.90 Å². The highest BCUT2D eigenvalue weighted by Gasteiger charge is 2.16. The zero-order chi connectivity index (χ0) is 20.1. The highest BCUT2D eigenvalue weighted by atomic mass is 35.5. The van der Waals surface area contributed by atoms with E-state index in [0.717, 1.165) is 6.42 Å². The summed E-state index contributed by atoms with van der Waals surface area (Å²) in [4.78, 5) is 38.1. The van der Waals surface area contributed by atoms with Crippen LogP contribution in [0.5, 0.6) is 0 Å². The van der Waals surface area contributed by atoms with Crippen molar-refractivity contribution in [3.63, 3.8) is 0 Å². The first-order valence-electron chi connectivity index (χ1n) is 8.58. The highest BCUT2D eigenvalue weighted by molar-refractivity contribution is 7.12. The molecule has 2 amide bonds. The van der Waals surface area contributed by atoms with Gasteiger partial charge in [0.25, 0.3) is 17.4 Å². The molecule has 0 fully saturated rings. The molecule has 0 radical (unpaired) electrons. The molecule has 0 unspecified atom stereocenters. The van der Waals surface area contributed by atoms with E-state index < -0.39 is 11.5 Å². The standard InChI is InChI=1S/C14H14ClN3O3S.2C2H6/c1-2-4-16-14(21)11-10(3-5-22-11)18-12(19)8-6-9(15)13(20)17-7-8;2*1-2/h3,5-7H,2,4H2,1H3,(H,16,21)(H,17,20)(H,18,19);2*1-2H3. The van der Waals surface area contributed by atoms with E-state index in [1.807, 2.05) is 34.6 Å². The fourth-order valence-electron chi connectivity index (χ4n) is 1.68. The number of nitrogens with one attached hydrogen (secondary N) is 3. The van der Waals surface area contributed by atoms with Gasteiger partial charge in [-0.3, -0.25) is 14.4 Å². The van der Waals surface area contributed by atoms with Crippen molar-refractivity contribution in [2.24, 2.45) is 0 Å². The zero-order valence-corrected chi connectivity index (χ0v) is 17.3. The van der Waals surface area contributed by atoms with Crippen molar-refractivity contribution in [1.82, 2.24) is 10.3 Å². The number of aromatic nitrogens is 1. The number of carbonyl (C=O) groups excluding carboxylic acids is 2. The van der Waals surface area contributed by atoms with Gasteiger partial charge >= 0.3 is 0 Å². The van der Waals surface area contributed by atoms with Crippen molar-refractivity contribution in [1.29, 1.82) is 0 Å². The van der Waals surface area contributed by atoms with Gasteiger partial charge in [-0.05, 0) is 23.9 Å². The van der Waals surface area contributed by atoms with Crippen molar-refractivity contribution in [2.75, 3.05) is 11.9 Å². The molecule has 0 aliphatic rings. The van der Waals surface area contributed by atoms with Gasteiger partial charge in [-0.25, -0.2) is 0 Å². The lowest BCUT2D eigenvalue weighted by Gasteiger charge is -2.07. The van der Waals surface area contributed by atoms with E-state index in [1.54, 1.807) is 11.4 Å². The third-order valence-corrected chi connectivity index (χ3v) is 3.97. The molecule has 26 heavy (non-hydrogen) atoms. The molecule has 2 aromatic heterocycles. The van der Waals surface area contributed by atoms with Crippen LogP contribution in [0.25, 0.3) is 0 Å². The van der Waals surface area contributed by atoms with E-state index in [9.17, 15) is 14.4 Å². The van der Waals surface area contributed by atoms with Gasteiger partial charge in [0, 0.05) is 12.7 Å². The Morgan fingerprint density at radius 2 is 1.85 bits per heavy atom. The van der Waals surface area contributed by atoms with Crippen molar-refractivity contribution >= 4 is 40.4 Å². The minimum absolute atomic E-state index is 0.0705. The second-order valence-electron chi connectivity index (χ2n) is 4.44. The summed E-state index contributed by atoms with van der Waals surface area (Å²) in [5, 5.41) is 7.05. The Balaban J connectivity index is 0.00000146. The summed E-state index contributed by atoms with van der Waals surface area (Å²) in [5.41, 5.74) is 0.162. The summed E-state index contributed by atoms with van der Waals surface area (Å²) in [6.45, 7) is 10.5.